The molecule has 5 aromatic rings. The van der Waals surface area contributed by atoms with Gasteiger partial charge in [0.15, 0.2) is 11.5 Å². The quantitative estimate of drug-likeness (QED) is 0.383. The third-order valence-electron chi connectivity index (χ3n) is 5.93. The molecule has 0 saturated carbocycles. The Morgan fingerprint density at radius 3 is 2.72 bits per heavy atom. The van der Waals surface area contributed by atoms with Gasteiger partial charge in [0.1, 0.15) is 5.56 Å². The van der Waals surface area contributed by atoms with Crippen LogP contribution < -0.4 is 16.6 Å². The fourth-order valence-electron chi connectivity index (χ4n) is 4.30. The van der Waals surface area contributed by atoms with E-state index in [0.717, 1.165) is 5.39 Å². The van der Waals surface area contributed by atoms with Crippen LogP contribution in [0.3, 0.4) is 0 Å². The van der Waals surface area contributed by atoms with Gasteiger partial charge in [-0.3, -0.25) is 14.2 Å². The number of aromatic nitrogens is 4. The van der Waals surface area contributed by atoms with Crippen molar-refractivity contribution in [2.24, 2.45) is 0 Å². The van der Waals surface area contributed by atoms with E-state index in [1.807, 2.05) is 68.4 Å². The molecule has 178 valence electrons. The van der Waals surface area contributed by atoms with Gasteiger partial charge >= 0.3 is 0 Å². The highest BCUT2D eigenvalue weighted by Gasteiger charge is 2.23. The number of rotatable bonds is 4. The Balaban J connectivity index is 1.66. The Kier molecular flexibility index (Phi) is 5.97. The lowest BCUT2D eigenvalue weighted by Crippen LogP contribution is -2.32. The molecule has 3 heterocycles. The molecule has 3 N–H and O–H groups in total. The average Bonchev–Trinajstić information content (AvgIpc) is 3.23. The SMILES string of the molecule is CCC#Cc1cccc2cc([C@@H](C)NC(=O)c3c(N)nn4cccnc34)n(-c3ccccc3)c(=O)c12. The molecule has 8 heteroatoms. The topological polar surface area (TPSA) is 107 Å². The minimum atomic E-state index is -0.543. The number of pyridine rings is 1. The first kappa shape index (κ1) is 22.9. The molecule has 0 aliphatic carbocycles. The van der Waals surface area contributed by atoms with Gasteiger partial charge in [0, 0.05) is 35.8 Å². The van der Waals surface area contributed by atoms with Gasteiger partial charge in [-0.1, -0.05) is 49.1 Å². The van der Waals surface area contributed by atoms with E-state index in [9.17, 15) is 9.59 Å². The number of fused-ring (bicyclic) bond motifs is 2. The standard InChI is InChI=1S/C28H24N6O2/c1-3-4-10-19-11-8-12-20-17-22(34(28(36)23(19)20)21-13-6-5-7-14-21)18(2)31-27(35)24-25(29)32-33-16-9-15-30-26(24)33/h5-9,11-18H,3H2,1-2H3,(H2,29,32)(H,31,35)/t18-/m1/s1. The summed E-state index contributed by atoms with van der Waals surface area (Å²) < 4.78 is 3.09. The van der Waals surface area contributed by atoms with Crippen LogP contribution in [0.5, 0.6) is 0 Å². The fourth-order valence-corrected chi connectivity index (χ4v) is 4.30. The van der Waals surface area contributed by atoms with Crippen molar-refractivity contribution < 1.29 is 4.79 Å². The first-order chi connectivity index (χ1) is 17.5. The monoisotopic (exact) mass is 476 g/mol. The molecule has 0 aliphatic heterocycles. The highest BCUT2D eigenvalue weighted by Crippen LogP contribution is 2.24. The number of nitrogens with zero attached hydrogens (tertiary/aromatic N) is 4. The van der Waals surface area contributed by atoms with Crippen LogP contribution in [0.1, 0.15) is 47.9 Å². The molecule has 3 aromatic heterocycles. The molecule has 0 saturated heterocycles. The molecule has 36 heavy (non-hydrogen) atoms. The molecule has 0 fully saturated rings. The number of benzene rings is 2. The molecule has 0 aliphatic rings. The zero-order valence-electron chi connectivity index (χ0n) is 19.9. The number of nitrogen functional groups attached to an aromatic ring is 1. The average molecular weight is 477 g/mol. The van der Waals surface area contributed by atoms with Crippen molar-refractivity contribution in [3.63, 3.8) is 0 Å². The number of amides is 1. The minimum absolute atomic E-state index is 0.0801. The summed E-state index contributed by atoms with van der Waals surface area (Å²) in [6.07, 6.45) is 3.94. The maximum absolute atomic E-state index is 13.9. The highest BCUT2D eigenvalue weighted by atomic mass is 16.2. The summed E-state index contributed by atoms with van der Waals surface area (Å²) in [5.74, 6) is 5.83. The van der Waals surface area contributed by atoms with Crippen LogP contribution in [0.15, 0.2) is 77.9 Å². The Morgan fingerprint density at radius 2 is 1.94 bits per heavy atom. The van der Waals surface area contributed by atoms with Crippen molar-refractivity contribution in [1.29, 1.82) is 0 Å². The summed E-state index contributed by atoms with van der Waals surface area (Å²) in [6.45, 7) is 3.79. The van der Waals surface area contributed by atoms with Gasteiger partial charge in [-0.05, 0) is 42.6 Å². The maximum Gasteiger partial charge on any atom is 0.264 e. The fraction of sp³-hybridized carbons (Fsp3) is 0.143. The Morgan fingerprint density at radius 1 is 1.14 bits per heavy atom. The number of hydrogen-bond acceptors (Lipinski definition) is 5. The lowest BCUT2D eigenvalue weighted by molar-refractivity contribution is 0.0941. The van der Waals surface area contributed by atoms with Crippen LogP contribution in [0, 0.1) is 11.8 Å². The summed E-state index contributed by atoms with van der Waals surface area (Å²) in [4.78, 5) is 31.5. The predicted molar refractivity (Wildman–Crippen MR) is 140 cm³/mol. The van der Waals surface area contributed by atoms with E-state index in [-0.39, 0.29) is 16.9 Å². The van der Waals surface area contributed by atoms with Crippen LogP contribution >= 0.6 is 0 Å². The summed E-state index contributed by atoms with van der Waals surface area (Å²) in [6, 6.07) is 18.0. The number of hydrogen-bond donors (Lipinski definition) is 2. The van der Waals surface area contributed by atoms with Crippen LogP contribution in [0.4, 0.5) is 5.82 Å². The number of nitrogens with one attached hydrogen (secondary N) is 1. The second-order valence-corrected chi connectivity index (χ2v) is 8.31. The van der Waals surface area contributed by atoms with Gasteiger partial charge in [0.25, 0.3) is 11.5 Å². The molecular formula is C28H24N6O2. The van der Waals surface area contributed by atoms with Crippen LogP contribution in [-0.4, -0.2) is 25.1 Å². The Hall–Kier alpha value is -4.90. The third-order valence-corrected chi connectivity index (χ3v) is 5.93. The van der Waals surface area contributed by atoms with E-state index in [4.69, 9.17) is 5.73 Å². The third kappa shape index (κ3) is 3.97. The molecule has 1 amide bonds. The van der Waals surface area contributed by atoms with Gasteiger partial charge < -0.3 is 11.1 Å². The molecular weight excluding hydrogens is 452 g/mol. The van der Waals surface area contributed by atoms with E-state index in [1.165, 1.54) is 4.52 Å². The molecule has 2 aromatic carbocycles. The number of carbonyl (C=O) groups excluding carboxylic acids is 1. The van der Waals surface area contributed by atoms with Crippen molar-refractivity contribution in [3.05, 3.63) is 100 Å². The second-order valence-electron chi connectivity index (χ2n) is 8.31. The molecule has 0 bridgehead atoms. The van der Waals surface area contributed by atoms with Crippen molar-refractivity contribution >= 4 is 28.1 Å². The van der Waals surface area contributed by atoms with Gasteiger partial charge in [-0.2, -0.15) is 0 Å². The van der Waals surface area contributed by atoms with Gasteiger partial charge in [-0.15, -0.1) is 5.10 Å². The smallest absolute Gasteiger partial charge is 0.264 e. The van der Waals surface area contributed by atoms with Crippen molar-refractivity contribution in [2.45, 2.75) is 26.3 Å². The first-order valence-corrected chi connectivity index (χ1v) is 11.6. The zero-order valence-corrected chi connectivity index (χ0v) is 19.9. The Bertz CT molecular complexity index is 1720. The molecule has 8 nitrogen and oxygen atoms in total. The van der Waals surface area contributed by atoms with Gasteiger partial charge in [0.2, 0.25) is 0 Å². The molecule has 1 atom stereocenters. The predicted octanol–water partition coefficient (Wildman–Crippen LogP) is 3.87. The van der Waals surface area contributed by atoms with Crippen LogP contribution in [-0.2, 0) is 0 Å². The molecule has 5 rings (SSSR count). The van der Waals surface area contributed by atoms with Crippen LogP contribution in [0.2, 0.25) is 0 Å². The maximum atomic E-state index is 13.9. The highest BCUT2D eigenvalue weighted by molar-refractivity contribution is 6.04. The summed E-state index contributed by atoms with van der Waals surface area (Å²) in [5, 5.41) is 8.45. The lowest BCUT2D eigenvalue weighted by Gasteiger charge is -2.21. The van der Waals surface area contributed by atoms with Gasteiger partial charge in [-0.25, -0.2) is 9.50 Å². The summed E-state index contributed by atoms with van der Waals surface area (Å²) >= 11 is 0. The summed E-state index contributed by atoms with van der Waals surface area (Å²) in [5.41, 5.74) is 8.38. The van der Waals surface area contributed by atoms with Crippen molar-refractivity contribution in [3.8, 4) is 17.5 Å². The lowest BCUT2D eigenvalue weighted by atomic mass is 10.0. The molecule has 0 radical (unpaired) electrons. The summed E-state index contributed by atoms with van der Waals surface area (Å²) in [7, 11) is 0. The van der Waals surface area contributed by atoms with Gasteiger partial charge in [0.05, 0.1) is 11.4 Å². The van der Waals surface area contributed by atoms with E-state index < -0.39 is 11.9 Å². The largest absolute Gasteiger partial charge is 0.381 e. The van der Waals surface area contributed by atoms with Crippen molar-refractivity contribution in [1.82, 2.24) is 24.5 Å². The molecule has 0 spiro atoms. The number of anilines is 1. The van der Waals surface area contributed by atoms with Crippen molar-refractivity contribution in [2.75, 3.05) is 5.73 Å². The van der Waals surface area contributed by atoms with E-state index in [0.29, 0.717) is 34.4 Å². The number of carbonyl (C=O) groups is 1. The normalized spacial score (nSPS) is 11.7. The van der Waals surface area contributed by atoms with Crippen LogP contribution in [0.25, 0.3) is 22.1 Å². The van der Waals surface area contributed by atoms with E-state index in [1.54, 1.807) is 23.0 Å². The minimum Gasteiger partial charge on any atom is -0.381 e. The number of para-hydroxylation sites is 1. The first-order valence-electron chi connectivity index (χ1n) is 11.6. The Labute approximate surface area is 207 Å². The number of nitrogens with two attached hydrogens (primary N) is 1. The van der Waals surface area contributed by atoms with E-state index >= 15 is 0 Å². The second kappa shape index (κ2) is 9.39. The zero-order chi connectivity index (χ0) is 25.2. The molecule has 0 unspecified atom stereocenters. The van der Waals surface area contributed by atoms with E-state index in [2.05, 4.69) is 27.2 Å².